The molecule has 0 radical (unpaired) electrons. The van der Waals surface area contributed by atoms with Gasteiger partial charge in [-0.3, -0.25) is 4.79 Å². The van der Waals surface area contributed by atoms with Crippen molar-refractivity contribution in [3.8, 4) is 5.75 Å². The Bertz CT molecular complexity index is 999. The Morgan fingerprint density at radius 3 is 2.44 bits per heavy atom. The van der Waals surface area contributed by atoms with Crippen molar-refractivity contribution in [2.75, 3.05) is 0 Å². The molecule has 1 aromatic heterocycles. The van der Waals surface area contributed by atoms with Crippen molar-refractivity contribution in [1.82, 2.24) is 0 Å². The molecule has 0 spiro atoms. The number of carbonyl (C=O) groups excluding carboxylic acids is 1. The zero-order valence-electron chi connectivity index (χ0n) is 14.0. The standard InChI is InChI=1S/C20H14F2O5/c21-16-7-6-14(8-17(16)22)20(24)27-11-15-9-18(23)19(12-25-15)26-10-13-4-2-1-3-5-13/h1-9,12H,10-11H2. The molecule has 3 rings (SSSR count). The molecular weight excluding hydrogens is 358 g/mol. The van der Waals surface area contributed by atoms with Crippen molar-refractivity contribution >= 4 is 5.97 Å². The SMILES string of the molecule is O=C(OCc1cc(=O)c(OCc2ccccc2)co1)c1ccc(F)c(F)c1. The summed E-state index contributed by atoms with van der Waals surface area (Å²) in [5.74, 6) is -2.99. The fraction of sp³-hybridized carbons (Fsp3) is 0.100. The van der Waals surface area contributed by atoms with Crippen LogP contribution >= 0.6 is 0 Å². The summed E-state index contributed by atoms with van der Waals surface area (Å²) in [6.07, 6.45) is 1.13. The van der Waals surface area contributed by atoms with E-state index in [1.54, 1.807) is 0 Å². The van der Waals surface area contributed by atoms with Crippen LogP contribution in [0, 0.1) is 11.6 Å². The van der Waals surface area contributed by atoms with Gasteiger partial charge in [0.15, 0.2) is 11.6 Å². The Morgan fingerprint density at radius 2 is 1.74 bits per heavy atom. The lowest BCUT2D eigenvalue weighted by Gasteiger charge is -2.07. The number of hydrogen-bond donors (Lipinski definition) is 0. The van der Waals surface area contributed by atoms with Crippen molar-refractivity contribution < 1.29 is 27.5 Å². The third-order valence-corrected chi connectivity index (χ3v) is 3.59. The number of carbonyl (C=O) groups is 1. The van der Waals surface area contributed by atoms with E-state index < -0.39 is 23.0 Å². The van der Waals surface area contributed by atoms with Gasteiger partial charge >= 0.3 is 5.97 Å². The molecule has 2 aromatic carbocycles. The van der Waals surface area contributed by atoms with Crippen LogP contribution in [0.5, 0.6) is 5.75 Å². The molecule has 0 aliphatic rings. The normalized spacial score (nSPS) is 10.4. The van der Waals surface area contributed by atoms with Crippen LogP contribution in [-0.2, 0) is 18.0 Å². The Kier molecular flexibility index (Phi) is 5.61. The lowest BCUT2D eigenvalue weighted by Crippen LogP contribution is -2.10. The van der Waals surface area contributed by atoms with Crippen LogP contribution in [-0.4, -0.2) is 5.97 Å². The van der Waals surface area contributed by atoms with Gasteiger partial charge in [0.05, 0.1) is 5.56 Å². The highest BCUT2D eigenvalue weighted by atomic mass is 19.2. The van der Waals surface area contributed by atoms with Crippen LogP contribution in [0.15, 0.2) is 70.1 Å². The molecule has 0 amide bonds. The van der Waals surface area contributed by atoms with Gasteiger partial charge < -0.3 is 13.9 Å². The van der Waals surface area contributed by atoms with Gasteiger partial charge in [-0.1, -0.05) is 30.3 Å². The third-order valence-electron chi connectivity index (χ3n) is 3.59. The van der Waals surface area contributed by atoms with Gasteiger partial charge in [0.25, 0.3) is 0 Å². The summed E-state index contributed by atoms with van der Waals surface area (Å²) in [7, 11) is 0. The van der Waals surface area contributed by atoms with E-state index in [1.165, 1.54) is 0 Å². The van der Waals surface area contributed by atoms with E-state index in [1.807, 2.05) is 30.3 Å². The van der Waals surface area contributed by atoms with Gasteiger partial charge in [0, 0.05) is 6.07 Å². The molecule has 0 unspecified atom stereocenters. The zero-order chi connectivity index (χ0) is 19.2. The molecule has 0 bridgehead atoms. The zero-order valence-corrected chi connectivity index (χ0v) is 14.0. The van der Waals surface area contributed by atoms with Crippen LogP contribution in [0.4, 0.5) is 8.78 Å². The minimum atomic E-state index is -1.16. The number of rotatable bonds is 6. The minimum Gasteiger partial charge on any atom is -0.482 e. The van der Waals surface area contributed by atoms with Crippen LogP contribution < -0.4 is 10.2 Å². The monoisotopic (exact) mass is 372 g/mol. The lowest BCUT2D eigenvalue weighted by molar-refractivity contribution is 0.0441. The van der Waals surface area contributed by atoms with Crippen molar-refractivity contribution in [3.05, 3.63) is 99.6 Å². The van der Waals surface area contributed by atoms with Crippen molar-refractivity contribution in [3.63, 3.8) is 0 Å². The van der Waals surface area contributed by atoms with Gasteiger partial charge in [-0.2, -0.15) is 0 Å². The van der Waals surface area contributed by atoms with Gasteiger partial charge in [-0.05, 0) is 23.8 Å². The Balaban J connectivity index is 1.59. The molecule has 0 fully saturated rings. The largest absolute Gasteiger partial charge is 0.482 e. The smallest absolute Gasteiger partial charge is 0.338 e. The molecule has 0 atom stereocenters. The molecule has 27 heavy (non-hydrogen) atoms. The highest BCUT2D eigenvalue weighted by Crippen LogP contribution is 2.13. The fourth-order valence-corrected chi connectivity index (χ4v) is 2.20. The summed E-state index contributed by atoms with van der Waals surface area (Å²) in [6, 6.07) is 13.1. The van der Waals surface area contributed by atoms with E-state index in [9.17, 15) is 18.4 Å². The Morgan fingerprint density at radius 1 is 0.963 bits per heavy atom. The molecule has 0 N–H and O–H groups in total. The van der Waals surface area contributed by atoms with Gasteiger partial charge in [0.2, 0.25) is 11.2 Å². The molecule has 5 nitrogen and oxygen atoms in total. The van der Waals surface area contributed by atoms with Crippen LogP contribution in [0.25, 0.3) is 0 Å². The fourth-order valence-electron chi connectivity index (χ4n) is 2.20. The number of ether oxygens (including phenoxy) is 2. The van der Waals surface area contributed by atoms with Crippen molar-refractivity contribution in [2.45, 2.75) is 13.2 Å². The summed E-state index contributed by atoms with van der Waals surface area (Å²) in [4.78, 5) is 23.9. The van der Waals surface area contributed by atoms with Gasteiger partial charge in [-0.25, -0.2) is 13.6 Å². The number of hydrogen-bond acceptors (Lipinski definition) is 5. The predicted octanol–water partition coefficient (Wildman–Crippen LogP) is 3.85. The summed E-state index contributed by atoms with van der Waals surface area (Å²) < 4.78 is 41.6. The van der Waals surface area contributed by atoms with Crippen LogP contribution in [0.1, 0.15) is 21.7 Å². The minimum absolute atomic E-state index is 0.0227. The van der Waals surface area contributed by atoms with E-state index >= 15 is 0 Å². The second kappa shape index (κ2) is 8.27. The van der Waals surface area contributed by atoms with Gasteiger partial charge in [-0.15, -0.1) is 0 Å². The Hall–Kier alpha value is -3.48. The molecule has 0 aliphatic heterocycles. The molecule has 0 saturated heterocycles. The Labute approximate surface area is 152 Å². The second-order valence-electron chi connectivity index (χ2n) is 5.55. The second-order valence-corrected chi connectivity index (χ2v) is 5.55. The topological polar surface area (TPSA) is 65.7 Å². The highest BCUT2D eigenvalue weighted by molar-refractivity contribution is 5.89. The summed E-state index contributed by atoms with van der Waals surface area (Å²) in [6.45, 7) is -0.137. The molecule has 1 heterocycles. The maximum atomic E-state index is 13.1. The first-order valence-corrected chi connectivity index (χ1v) is 7.93. The number of benzene rings is 2. The van der Waals surface area contributed by atoms with Crippen LogP contribution in [0.3, 0.4) is 0 Å². The third kappa shape index (κ3) is 4.78. The van der Waals surface area contributed by atoms with Crippen molar-refractivity contribution in [1.29, 1.82) is 0 Å². The summed E-state index contributed by atoms with van der Waals surface area (Å²) >= 11 is 0. The number of esters is 1. The quantitative estimate of drug-likeness (QED) is 0.615. The summed E-state index contributed by atoms with van der Waals surface area (Å²) in [5.41, 5.74) is 0.302. The molecule has 0 saturated carbocycles. The lowest BCUT2D eigenvalue weighted by atomic mass is 10.2. The number of halogens is 2. The summed E-state index contributed by atoms with van der Waals surface area (Å²) in [5, 5.41) is 0. The molecule has 138 valence electrons. The molecule has 3 aromatic rings. The molecule has 7 heteroatoms. The maximum Gasteiger partial charge on any atom is 0.338 e. The molecular formula is C20H14F2O5. The average Bonchev–Trinajstić information content (AvgIpc) is 2.68. The highest BCUT2D eigenvalue weighted by Gasteiger charge is 2.12. The van der Waals surface area contributed by atoms with Crippen molar-refractivity contribution in [2.24, 2.45) is 0 Å². The first-order valence-electron chi connectivity index (χ1n) is 7.93. The van der Waals surface area contributed by atoms with Gasteiger partial charge in [0.1, 0.15) is 25.2 Å². The van der Waals surface area contributed by atoms with E-state index in [2.05, 4.69) is 0 Å². The van der Waals surface area contributed by atoms with Crippen LogP contribution in [0.2, 0.25) is 0 Å². The molecule has 0 aliphatic carbocycles. The first kappa shape index (κ1) is 18.3. The first-order chi connectivity index (χ1) is 13.0. The predicted molar refractivity (Wildman–Crippen MR) is 91.2 cm³/mol. The van der Waals surface area contributed by atoms with E-state index in [4.69, 9.17) is 13.9 Å². The average molecular weight is 372 g/mol. The van der Waals surface area contributed by atoms with E-state index in [0.29, 0.717) is 0 Å². The van der Waals surface area contributed by atoms with E-state index in [0.717, 1.165) is 36.1 Å². The van der Waals surface area contributed by atoms with E-state index in [-0.39, 0.29) is 30.3 Å². The maximum absolute atomic E-state index is 13.1.